The summed E-state index contributed by atoms with van der Waals surface area (Å²) in [6.07, 6.45) is 0.931. The first kappa shape index (κ1) is 9.32. The Hall–Kier alpha value is -0.770. The van der Waals surface area contributed by atoms with E-state index in [-0.39, 0.29) is 24.4 Å². The summed E-state index contributed by atoms with van der Waals surface area (Å²) < 4.78 is 4.74. The molecule has 0 aromatic heterocycles. The van der Waals surface area contributed by atoms with Crippen molar-refractivity contribution >= 4 is 23.5 Å². The van der Waals surface area contributed by atoms with Gasteiger partial charge in [-0.2, -0.15) is 0 Å². The van der Waals surface area contributed by atoms with Gasteiger partial charge >= 0.3 is 5.97 Å². The predicted octanol–water partition coefficient (Wildman–Crippen LogP) is 0.0470. The van der Waals surface area contributed by atoms with Gasteiger partial charge in [0.1, 0.15) is 12.6 Å². The second-order valence-corrected chi connectivity index (χ2v) is 2.89. The predicted molar refractivity (Wildman–Crippen MR) is 42.8 cm³/mol. The van der Waals surface area contributed by atoms with E-state index in [4.69, 9.17) is 16.3 Å². The van der Waals surface area contributed by atoms with Crippen LogP contribution in [0.3, 0.4) is 0 Å². The van der Waals surface area contributed by atoms with E-state index >= 15 is 0 Å². The van der Waals surface area contributed by atoms with Crippen molar-refractivity contribution < 1.29 is 14.3 Å². The molecule has 1 aliphatic rings. The normalized spacial score (nSPS) is 22.1. The van der Waals surface area contributed by atoms with Crippen molar-refractivity contribution in [1.29, 1.82) is 0 Å². The molecule has 0 spiro atoms. The summed E-state index contributed by atoms with van der Waals surface area (Å²) in [5.74, 6) is -0.198. The molecule has 0 radical (unpaired) electrons. The van der Waals surface area contributed by atoms with Crippen LogP contribution in [0.4, 0.5) is 0 Å². The maximum Gasteiger partial charge on any atom is 0.328 e. The van der Waals surface area contributed by atoms with Crippen LogP contribution >= 0.6 is 11.6 Å². The van der Waals surface area contributed by atoms with Crippen LogP contribution in [0.1, 0.15) is 12.8 Å². The van der Waals surface area contributed by atoms with Crippen LogP contribution in [0.2, 0.25) is 0 Å². The largest absolute Gasteiger partial charge is 0.463 e. The smallest absolute Gasteiger partial charge is 0.328 e. The molecule has 4 nitrogen and oxygen atoms in total. The number of alkyl halides is 1. The molecule has 0 saturated carbocycles. The van der Waals surface area contributed by atoms with Crippen LogP contribution in [0, 0.1) is 0 Å². The molecule has 1 atom stereocenters. The molecule has 1 N–H and O–H groups in total. The second-order valence-electron chi connectivity index (χ2n) is 2.52. The van der Waals surface area contributed by atoms with Gasteiger partial charge in [-0.1, -0.05) is 0 Å². The lowest BCUT2D eigenvalue weighted by Crippen LogP contribution is -2.34. The zero-order chi connectivity index (χ0) is 8.97. The standard InChI is InChI=1S/C7H10ClNO3/c8-3-4-12-7(11)5-1-2-6(10)9-5/h5H,1-4H2,(H,9,10). The van der Waals surface area contributed by atoms with Crippen LogP contribution in [0.25, 0.3) is 0 Å². The third-order valence-electron chi connectivity index (χ3n) is 1.60. The molecule has 1 amide bonds. The minimum atomic E-state index is -0.458. The number of amides is 1. The van der Waals surface area contributed by atoms with E-state index in [9.17, 15) is 9.59 Å². The Labute approximate surface area is 75.2 Å². The molecular weight excluding hydrogens is 182 g/mol. The Kier molecular flexibility index (Phi) is 3.34. The van der Waals surface area contributed by atoms with Gasteiger partial charge in [0.25, 0.3) is 0 Å². The number of ether oxygens (including phenoxy) is 1. The third-order valence-corrected chi connectivity index (χ3v) is 1.76. The molecule has 0 bridgehead atoms. The van der Waals surface area contributed by atoms with Crippen molar-refractivity contribution in [2.24, 2.45) is 0 Å². The molecule has 1 fully saturated rings. The molecular formula is C7H10ClNO3. The van der Waals surface area contributed by atoms with Crippen molar-refractivity contribution in [3.63, 3.8) is 0 Å². The van der Waals surface area contributed by atoms with Gasteiger partial charge in [-0.25, -0.2) is 4.79 Å². The average molecular weight is 192 g/mol. The highest BCUT2D eigenvalue weighted by atomic mass is 35.5. The first-order valence-corrected chi connectivity index (χ1v) is 4.29. The van der Waals surface area contributed by atoms with Crippen molar-refractivity contribution in [3.8, 4) is 0 Å². The van der Waals surface area contributed by atoms with Gasteiger partial charge in [0, 0.05) is 6.42 Å². The molecule has 1 saturated heterocycles. The fraction of sp³-hybridized carbons (Fsp3) is 0.714. The fourth-order valence-corrected chi connectivity index (χ4v) is 1.11. The van der Waals surface area contributed by atoms with Crippen molar-refractivity contribution in [3.05, 3.63) is 0 Å². The molecule has 0 aromatic rings. The second kappa shape index (κ2) is 4.30. The van der Waals surface area contributed by atoms with Gasteiger partial charge in [-0.3, -0.25) is 4.79 Å². The summed E-state index contributed by atoms with van der Waals surface area (Å²) in [4.78, 5) is 21.7. The molecule has 1 unspecified atom stereocenters. The zero-order valence-electron chi connectivity index (χ0n) is 6.51. The summed E-state index contributed by atoms with van der Waals surface area (Å²) >= 11 is 5.32. The number of carbonyl (C=O) groups is 2. The zero-order valence-corrected chi connectivity index (χ0v) is 7.26. The molecule has 1 rings (SSSR count). The van der Waals surface area contributed by atoms with Crippen LogP contribution in [0.5, 0.6) is 0 Å². The maximum absolute atomic E-state index is 11.1. The number of rotatable bonds is 3. The average Bonchev–Trinajstić information content (AvgIpc) is 2.47. The number of hydrogen-bond acceptors (Lipinski definition) is 3. The van der Waals surface area contributed by atoms with E-state index in [1.54, 1.807) is 0 Å². The SMILES string of the molecule is O=C1CCC(C(=O)OCCCl)N1. The molecule has 68 valence electrons. The lowest BCUT2D eigenvalue weighted by Gasteiger charge is -2.08. The Morgan fingerprint density at radius 2 is 2.50 bits per heavy atom. The van der Waals surface area contributed by atoms with Crippen LogP contribution in [-0.2, 0) is 14.3 Å². The highest BCUT2D eigenvalue weighted by molar-refractivity contribution is 6.18. The number of hydrogen-bond donors (Lipinski definition) is 1. The van der Waals surface area contributed by atoms with Gasteiger partial charge in [0.15, 0.2) is 0 Å². The monoisotopic (exact) mass is 191 g/mol. The minimum absolute atomic E-state index is 0.0946. The summed E-state index contributed by atoms with van der Waals surface area (Å²) in [5.41, 5.74) is 0. The first-order valence-electron chi connectivity index (χ1n) is 3.76. The topological polar surface area (TPSA) is 55.4 Å². The van der Waals surface area contributed by atoms with Crippen molar-refractivity contribution in [1.82, 2.24) is 5.32 Å². The van der Waals surface area contributed by atoms with Crippen molar-refractivity contribution in [2.75, 3.05) is 12.5 Å². The van der Waals surface area contributed by atoms with Gasteiger partial charge in [0.2, 0.25) is 5.91 Å². The summed E-state index contributed by atoms with van der Waals surface area (Å²) in [6, 6.07) is -0.458. The number of halogens is 1. The molecule has 1 aliphatic heterocycles. The lowest BCUT2D eigenvalue weighted by molar-refractivity contribution is -0.145. The summed E-state index contributed by atoms with van der Waals surface area (Å²) in [7, 11) is 0. The van der Waals surface area contributed by atoms with E-state index in [2.05, 4.69) is 5.32 Å². The van der Waals surface area contributed by atoms with Gasteiger partial charge in [0.05, 0.1) is 5.88 Å². The Morgan fingerprint density at radius 3 is 3.00 bits per heavy atom. The van der Waals surface area contributed by atoms with Gasteiger partial charge < -0.3 is 10.1 Å². The van der Waals surface area contributed by atoms with E-state index in [1.807, 2.05) is 0 Å². The quantitative estimate of drug-likeness (QED) is 0.507. The van der Waals surface area contributed by atoms with E-state index in [0.29, 0.717) is 12.8 Å². The minimum Gasteiger partial charge on any atom is -0.463 e. The first-order chi connectivity index (χ1) is 5.74. The van der Waals surface area contributed by atoms with Crippen molar-refractivity contribution in [2.45, 2.75) is 18.9 Å². The highest BCUT2D eigenvalue weighted by Gasteiger charge is 2.28. The third kappa shape index (κ3) is 2.37. The van der Waals surface area contributed by atoms with Crippen LogP contribution < -0.4 is 5.32 Å². The molecule has 5 heteroatoms. The molecule has 0 aliphatic carbocycles. The highest BCUT2D eigenvalue weighted by Crippen LogP contribution is 2.07. The number of esters is 1. The Balaban J connectivity index is 2.28. The molecule has 0 aromatic carbocycles. The molecule has 12 heavy (non-hydrogen) atoms. The van der Waals surface area contributed by atoms with E-state index < -0.39 is 6.04 Å². The lowest BCUT2D eigenvalue weighted by atomic mass is 10.2. The maximum atomic E-state index is 11.1. The Bertz CT molecular complexity index is 195. The number of nitrogens with one attached hydrogen (secondary N) is 1. The Morgan fingerprint density at radius 1 is 1.75 bits per heavy atom. The summed E-state index contributed by atoms with van der Waals surface area (Å²) in [6.45, 7) is 0.201. The molecule has 1 heterocycles. The van der Waals surface area contributed by atoms with Crippen LogP contribution in [0.15, 0.2) is 0 Å². The summed E-state index contributed by atoms with van der Waals surface area (Å²) in [5, 5.41) is 2.51. The van der Waals surface area contributed by atoms with Gasteiger partial charge in [-0.05, 0) is 6.42 Å². The van der Waals surface area contributed by atoms with E-state index in [1.165, 1.54) is 0 Å². The van der Waals surface area contributed by atoms with Gasteiger partial charge in [-0.15, -0.1) is 11.6 Å². The van der Waals surface area contributed by atoms with E-state index in [0.717, 1.165) is 0 Å². The fourth-order valence-electron chi connectivity index (χ4n) is 1.03. The van der Waals surface area contributed by atoms with Crippen LogP contribution in [-0.4, -0.2) is 30.4 Å². The number of carbonyl (C=O) groups excluding carboxylic acids is 2.